The zero-order valence-corrected chi connectivity index (χ0v) is 13.1. The predicted octanol–water partition coefficient (Wildman–Crippen LogP) is 4.28. The minimum atomic E-state index is -0.203. The van der Waals surface area contributed by atoms with E-state index in [1.165, 1.54) is 6.07 Å². The van der Waals surface area contributed by atoms with E-state index in [-0.39, 0.29) is 5.82 Å². The van der Waals surface area contributed by atoms with E-state index in [1.807, 2.05) is 6.92 Å². The summed E-state index contributed by atoms with van der Waals surface area (Å²) in [5.74, 6) is 1.32. The predicted molar refractivity (Wildman–Crippen MR) is 85.1 cm³/mol. The minimum Gasteiger partial charge on any atom is -0.370 e. The Hall–Kier alpha value is -1.97. The van der Waals surface area contributed by atoms with Crippen molar-refractivity contribution >= 4 is 5.82 Å². The van der Waals surface area contributed by atoms with Crippen LogP contribution in [0.2, 0.25) is 0 Å². The quantitative estimate of drug-likeness (QED) is 0.891. The molecule has 0 saturated carbocycles. The molecular weight excluding hydrogens is 265 g/mol. The Kier molecular flexibility index (Phi) is 4.89. The average Bonchev–Trinajstić information content (AvgIpc) is 2.49. The molecule has 0 radical (unpaired) electrons. The molecule has 1 heterocycles. The number of anilines is 1. The fourth-order valence-electron chi connectivity index (χ4n) is 2.24. The molecule has 0 saturated heterocycles. The fourth-order valence-corrected chi connectivity index (χ4v) is 2.24. The zero-order valence-electron chi connectivity index (χ0n) is 13.1. The first kappa shape index (κ1) is 15.4. The van der Waals surface area contributed by atoms with Gasteiger partial charge in [0.1, 0.15) is 11.6 Å². The van der Waals surface area contributed by atoms with Gasteiger partial charge < -0.3 is 5.32 Å². The Bertz CT molecular complexity index is 638. The van der Waals surface area contributed by atoms with Gasteiger partial charge in [-0.2, -0.15) is 0 Å². The summed E-state index contributed by atoms with van der Waals surface area (Å²) < 4.78 is 13.4. The molecule has 2 rings (SSSR count). The van der Waals surface area contributed by atoms with Gasteiger partial charge in [-0.05, 0) is 50.5 Å². The van der Waals surface area contributed by atoms with Gasteiger partial charge in [-0.1, -0.05) is 13.8 Å². The minimum absolute atomic E-state index is 0.203. The number of hydrogen-bond donors (Lipinski definition) is 1. The molecule has 0 amide bonds. The summed E-state index contributed by atoms with van der Waals surface area (Å²) in [7, 11) is 0. The summed E-state index contributed by atoms with van der Waals surface area (Å²) in [5, 5.41) is 3.35. The molecule has 1 N–H and O–H groups in total. The van der Waals surface area contributed by atoms with Crippen molar-refractivity contribution in [1.29, 1.82) is 0 Å². The molecule has 112 valence electrons. The van der Waals surface area contributed by atoms with E-state index in [4.69, 9.17) is 0 Å². The lowest BCUT2D eigenvalue weighted by molar-refractivity contribution is 0.618. The Labute approximate surface area is 125 Å². The van der Waals surface area contributed by atoms with Crippen LogP contribution in [0, 0.1) is 19.7 Å². The van der Waals surface area contributed by atoms with E-state index in [0.717, 1.165) is 42.0 Å². The SMILES string of the molecule is CCCNc1nc(-c2ccc(F)c(C)c2)nc(CC)c1C. The second-order valence-electron chi connectivity index (χ2n) is 5.21. The van der Waals surface area contributed by atoms with E-state index in [9.17, 15) is 4.39 Å². The lowest BCUT2D eigenvalue weighted by Gasteiger charge is -2.13. The van der Waals surface area contributed by atoms with E-state index in [1.54, 1.807) is 19.1 Å². The van der Waals surface area contributed by atoms with Crippen LogP contribution in [-0.4, -0.2) is 16.5 Å². The largest absolute Gasteiger partial charge is 0.370 e. The number of nitrogens with one attached hydrogen (secondary N) is 1. The van der Waals surface area contributed by atoms with Gasteiger partial charge in [-0.15, -0.1) is 0 Å². The van der Waals surface area contributed by atoms with Gasteiger partial charge in [0.15, 0.2) is 5.82 Å². The fraction of sp³-hybridized carbons (Fsp3) is 0.412. The molecule has 0 aliphatic carbocycles. The summed E-state index contributed by atoms with van der Waals surface area (Å²) in [6.45, 7) is 8.87. The highest BCUT2D eigenvalue weighted by molar-refractivity contribution is 5.60. The molecule has 4 heteroatoms. The van der Waals surface area contributed by atoms with Crippen molar-refractivity contribution < 1.29 is 4.39 Å². The van der Waals surface area contributed by atoms with Crippen LogP contribution in [0.3, 0.4) is 0 Å². The molecule has 3 nitrogen and oxygen atoms in total. The number of halogens is 1. The molecule has 1 aromatic heterocycles. The van der Waals surface area contributed by atoms with E-state index >= 15 is 0 Å². The van der Waals surface area contributed by atoms with Crippen LogP contribution in [0.5, 0.6) is 0 Å². The molecule has 0 spiro atoms. The van der Waals surface area contributed by atoms with Crippen molar-refractivity contribution in [2.75, 3.05) is 11.9 Å². The lowest BCUT2D eigenvalue weighted by atomic mass is 10.1. The summed E-state index contributed by atoms with van der Waals surface area (Å²) in [6, 6.07) is 5.00. The van der Waals surface area contributed by atoms with Gasteiger partial charge >= 0.3 is 0 Å². The molecule has 0 aliphatic rings. The summed E-state index contributed by atoms with van der Waals surface area (Å²) in [4.78, 5) is 9.24. The maximum Gasteiger partial charge on any atom is 0.161 e. The summed E-state index contributed by atoms with van der Waals surface area (Å²) in [6.07, 6.45) is 1.89. The molecule has 21 heavy (non-hydrogen) atoms. The van der Waals surface area contributed by atoms with Gasteiger partial charge in [0.2, 0.25) is 0 Å². The number of aryl methyl sites for hydroxylation is 2. The summed E-state index contributed by atoms with van der Waals surface area (Å²) in [5.41, 5.74) is 3.58. The number of hydrogen-bond acceptors (Lipinski definition) is 3. The molecule has 1 aromatic carbocycles. The smallest absolute Gasteiger partial charge is 0.161 e. The molecule has 0 unspecified atom stereocenters. The van der Waals surface area contributed by atoms with Crippen LogP contribution in [-0.2, 0) is 6.42 Å². The normalized spacial score (nSPS) is 10.7. The summed E-state index contributed by atoms with van der Waals surface area (Å²) >= 11 is 0. The zero-order chi connectivity index (χ0) is 15.4. The maximum absolute atomic E-state index is 13.4. The van der Waals surface area contributed by atoms with Crippen molar-refractivity contribution in [3.05, 3.63) is 40.8 Å². The third kappa shape index (κ3) is 3.38. The Morgan fingerprint density at radius 1 is 1.14 bits per heavy atom. The van der Waals surface area contributed by atoms with E-state index in [2.05, 4.69) is 29.1 Å². The molecule has 0 atom stereocenters. The topological polar surface area (TPSA) is 37.8 Å². The van der Waals surface area contributed by atoms with Crippen molar-refractivity contribution in [1.82, 2.24) is 9.97 Å². The standard InChI is InChI=1S/C17H22FN3/c1-5-9-19-16-12(4)15(6-2)20-17(21-16)13-7-8-14(18)11(3)10-13/h7-8,10H,5-6,9H2,1-4H3,(H,19,20,21). The molecular formula is C17H22FN3. The van der Waals surface area contributed by atoms with Crippen LogP contribution in [0.4, 0.5) is 10.2 Å². The van der Waals surface area contributed by atoms with Crippen molar-refractivity contribution in [2.24, 2.45) is 0 Å². The monoisotopic (exact) mass is 287 g/mol. The van der Waals surface area contributed by atoms with E-state index in [0.29, 0.717) is 11.4 Å². The second kappa shape index (κ2) is 6.66. The molecule has 2 aromatic rings. The van der Waals surface area contributed by atoms with Gasteiger partial charge in [0, 0.05) is 23.4 Å². The molecule has 0 bridgehead atoms. The van der Waals surface area contributed by atoms with Crippen LogP contribution in [0.1, 0.15) is 37.1 Å². The molecule has 0 fully saturated rings. The van der Waals surface area contributed by atoms with Crippen molar-refractivity contribution in [3.8, 4) is 11.4 Å². The first-order valence-electron chi connectivity index (χ1n) is 7.44. The number of benzene rings is 1. The third-order valence-electron chi connectivity index (χ3n) is 3.54. The van der Waals surface area contributed by atoms with Gasteiger partial charge in [0.25, 0.3) is 0 Å². The highest BCUT2D eigenvalue weighted by atomic mass is 19.1. The number of rotatable bonds is 5. The van der Waals surface area contributed by atoms with Gasteiger partial charge in [0.05, 0.1) is 0 Å². The van der Waals surface area contributed by atoms with Crippen LogP contribution >= 0.6 is 0 Å². The number of aromatic nitrogens is 2. The lowest BCUT2D eigenvalue weighted by Crippen LogP contribution is -2.08. The second-order valence-corrected chi connectivity index (χ2v) is 5.21. The number of nitrogens with zero attached hydrogens (tertiary/aromatic N) is 2. The van der Waals surface area contributed by atoms with Crippen molar-refractivity contribution in [3.63, 3.8) is 0 Å². The van der Waals surface area contributed by atoms with Crippen LogP contribution < -0.4 is 5.32 Å². The van der Waals surface area contributed by atoms with E-state index < -0.39 is 0 Å². The highest BCUT2D eigenvalue weighted by Crippen LogP contribution is 2.24. The Morgan fingerprint density at radius 3 is 2.52 bits per heavy atom. The van der Waals surface area contributed by atoms with Crippen LogP contribution in [0.15, 0.2) is 18.2 Å². The third-order valence-corrected chi connectivity index (χ3v) is 3.54. The van der Waals surface area contributed by atoms with Gasteiger partial charge in [-0.25, -0.2) is 14.4 Å². The van der Waals surface area contributed by atoms with Gasteiger partial charge in [-0.3, -0.25) is 0 Å². The Balaban J connectivity index is 2.49. The van der Waals surface area contributed by atoms with Crippen molar-refractivity contribution in [2.45, 2.75) is 40.5 Å². The average molecular weight is 287 g/mol. The maximum atomic E-state index is 13.4. The first-order chi connectivity index (χ1) is 10.1. The van der Waals surface area contributed by atoms with Crippen LogP contribution in [0.25, 0.3) is 11.4 Å². The Morgan fingerprint density at radius 2 is 1.90 bits per heavy atom. The first-order valence-corrected chi connectivity index (χ1v) is 7.44. The highest BCUT2D eigenvalue weighted by Gasteiger charge is 2.11. The molecule has 0 aliphatic heterocycles.